The van der Waals surface area contributed by atoms with Gasteiger partial charge < -0.3 is 15.2 Å². The molecule has 0 aromatic carbocycles. The highest BCUT2D eigenvalue weighted by Gasteiger charge is 2.19. The Hall–Kier alpha value is -1.03. The predicted octanol–water partition coefficient (Wildman–Crippen LogP) is 1.24. The van der Waals surface area contributed by atoms with Crippen LogP contribution in [0.1, 0.15) is 19.3 Å². The molecule has 0 amide bonds. The van der Waals surface area contributed by atoms with Crippen molar-refractivity contribution in [2.75, 3.05) is 31.6 Å². The lowest BCUT2D eigenvalue weighted by atomic mass is 9.94. The summed E-state index contributed by atoms with van der Waals surface area (Å²) in [6, 6.07) is 0. The van der Waals surface area contributed by atoms with Crippen LogP contribution in [-0.2, 0) is 0 Å². The Morgan fingerprint density at radius 3 is 2.93 bits per heavy atom. The van der Waals surface area contributed by atoms with Gasteiger partial charge in [0.2, 0.25) is 5.95 Å². The molecular weight excluding hydrogens is 188 g/mol. The van der Waals surface area contributed by atoms with Gasteiger partial charge in [0.05, 0.1) is 0 Å². The highest BCUT2D eigenvalue weighted by Crippen LogP contribution is 2.22. The average Bonchev–Trinajstić information content (AvgIpc) is 2.80. The second kappa shape index (κ2) is 5.16. The molecule has 4 nitrogen and oxygen atoms in total. The zero-order valence-electron chi connectivity index (χ0n) is 9.37. The maximum Gasteiger partial charge on any atom is 0.202 e. The zero-order valence-corrected chi connectivity index (χ0v) is 9.37. The van der Waals surface area contributed by atoms with Crippen LogP contribution in [0.2, 0.25) is 0 Å². The van der Waals surface area contributed by atoms with Crippen molar-refractivity contribution in [1.82, 2.24) is 15.3 Å². The number of aromatic nitrogens is 2. The highest BCUT2D eigenvalue weighted by molar-refractivity contribution is 5.29. The van der Waals surface area contributed by atoms with E-state index in [0.29, 0.717) is 0 Å². The number of aromatic amines is 1. The molecule has 2 heterocycles. The van der Waals surface area contributed by atoms with E-state index in [1.807, 2.05) is 19.4 Å². The number of H-pyrrole nitrogens is 1. The first-order valence-electron chi connectivity index (χ1n) is 5.79. The summed E-state index contributed by atoms with van der Waals surface area (Å²) in [7, 11) is 2.03. The van der Waals surface area contributed by atoms with Crippen LogP contribution in [-0.4, -0.2) is 36.6 Å². The SMILES string of the molecule is CNCCC1CCN(c2ncc[nH]2)CC1. The lowest BCUT2D eigenvalue weighted by molar-refractivity contribution is 0.376. The summed E-state index contributed by atoms with van der Waals surface area (Å²) in [5.41, 5.74) is 0. The maximum atomic E-state index is 4.29. The Morgan fingerprint density at radius 2 is 2.33 bits per heavy atom. The molecule has 0 bridgehead atoms. The lowest BCUT2D eigenvalue weighted by Crippen LogP contribution is -2.35. The molecule has 1 aliphatic heterocycles. The van der Waals surface area contributed by atoms with Crippen molar-refractivity contribution >= 4 is 5.95 Å². The van der Waals surface area contributed by atoms with Gasteiger partial charge >= 0.3 is 0 Å². The largest absolute Gasteiger partial charge is 0.342 e. The zero-order chi connectivity index (χ0) is 10.5. The van der Waals surface area contributed by atoms with Gasteiger partial charge in [0.1, 0.15) is 0 Å². The van der Waals surface area contributed by atoms with Crippen molar-refractivity contribution in [2.24, 2.45) is 5.92 Å². The van der Waals surface area contributed by atoms with E-state index < -0.39 is 0 Å². The average molecular weight is 208 g/mol. The minimum atomic E-state index is 0.892. The van der Waals surface area contributed by atoms with E-state index in [2.05, 4.69) is 20.2 Å². The molecule has 4 heteroatoms. The van der Waals surface area contributed by atoms with E-state index in [4.69, 9.17) is 0 Å². The quantitative estimate of drug-likeness (QED) is 0.782. The van der Waals surface area contributed by atoms with Crippen LogP contribution in [0.25, 0.3) is 0 Å². The van der Waals surface area contributed by atoms with Crippen molar-refractivity contribution in [3.05, 3.63) is 12.4 Å². The molecule has 1 aromatic heterocycles. The third-order valence-corrected chi connectivity index (χ3v) is 3.20. The molecular formula is C11H20N4. The second-order valence-electron chi connectivity index (χ2n) is 4.24. The number of anilines is 1. The van der Waals surface area contributed by atoms with Gasteiger partial charge in [-0.05, 0) is 38.8 Å². The van der Waals surface area contributed by atoms with Crippen LogP contribution in [0.3, 0.4) is 0 Å². The van der Waals surface area contributed by atoms with Crippen LogP contribution in [0.5, 0.6) is 0 Å². The van der Waals surface area contributed by atoms with Gasteiger partial charge in [-0.25, -0.2) is 4.98 Å². The summed E-state index contributed by atoms with van der Waals surface area (Å²) in [6.07, 6.45) is 7.61. The first-order valence-corrected chi connectivity index (χ1v) is 5.79. The summed E-state index contributed by atoms with van der Waals surface area (Å²) in [5, 5.41) is 3.22. The third-order valence-electron chi connectivity index (χ3n) is 3.20. The molecule has 0 unspecified atom stereocenters. The van der Waals surface area contributed by atoms with E-state index in [0.717, 1.165) is 31.5 Å². The first kappa shape index (κ1) is 10.5. The molecule has 1 aliphatic rings. The molecule has 1 saturated heterocycles. The van der Waals surface area contributed by atoms with E-state index in [9.17, 15) is 0 Å². The number of hydrogen-bond donors (Lipinski definition) is 2. The predicted molar refractivity (Wildman–Crippen MR) is 62.1 cm³/mol. The molecule has 84 valence electrons. The van der Waals surface area contributed by atoms with Gasteiger partial charge in [-0.3, -0.25) is 0 Å². The molecule has 0 spiro atoms. The van der Waals surface area contributed by atoms with Gasteiger partial charge in [0, 0.05) is 25.5 Å². The van der Waals surface area contributed by atoms with Crippen LogP contribution >= 0.6 is 0 Å². The number of hydrogen-bond acceptors (Lipinski definition) is 3. The van der Waals surface area contributed by atoms with Gasteiger partial charge in [-0.2, -0.15) is 0 Å². The minimum Gasteiger partial charge on any atom is -0.342 e. The van der Waals surface area contributed by atoms with Gasteiger partial charge in [0.15, 0.2) is 0 Å². The number of nitrogens with zero attached hydrogens (tertiary/aromatic N) is 2. The van der Waals surface area contributed by atoms with E-state index in [1.54, 1.807) is 0 Å². The van der Waals surface area contributed by atoms with Crippen molar-refractivity contribution in [3.63, 3.8) is 0 Å². The summed E-state index contributed by atoms with van der Waals surface area (Å²) in [4.78, 5) is 9.80. The van der Waals surface area contributed by atoms with Gasteiger partial charge in [0.25, 0.3) is 0 Å². The third kappa shape index (κ3) is 2.72. The Balaban J connectivity index is 1.77. The van der Waals surface area contributed by atoms with Gasteiger partial charge in [-0.15, -0.1) is 0 Å². The van der Waals surface area contributed by atoms with Gasteiger partial charge in [-0.1, -0.05) is 0 Å². The van der Waals surface area contributed by atoms with Crippen LogP contribution in [0.4, 0.5) is 5.95 Å². The number of rotatable bonds is 4. The molecule has 0 radical (unpaired) electrons. The van der Waals surface area contributed by atoms with Crippen LogP contribution in [0.15, 0.2) is 12.4 Å². The van der Waals surface area contributed by atoms with Crippen molar-refractivity contribution < 1.29 is 0 Å². The normalized spacial score (nSPS) is 18.3. The number of imidazole rings is 1. The fourth-order valence-electron chi connectivity index (χ4n) is 2.21. The van der Waals surface area contributed by atoms with Crippen LogP contribution < -0.4 is 10.2 Å². The van der Waals surface area contributed by atoms with Crippen LogP contribution in [0, 0.1) is 5.92 Å². The highest BCUT2D eigenvalue weighted by atomic mass is 15.3. The van der Waals surface area contributed by atoms with Crippen molar-refractivity contribution in [1.29, 1.82) is 0 Å². The Bertz CT molecular complexity index is 262. The Morgan fingerprint density at radius 1 is 1.53 bits per heavy atom. The first-order chi connectivity index (χ1) is 7.40. The molecule has 0 saturated carbocycles. The van der Waals surface area contributed by atoms with E-state index in [-0.39, 0.29) is 0 Å². The van der Waals surface area contributed by atoms with Crippen molar-refractivity contribution in [2.45, 2.75) is 19.3 Å². The van der Waals surface area contributed by atoms with E-state index >= 15 is 0 Å². The maximum absolute atomic E-state index is 4.29. The minimum absolute atomic E-state index is 0.892. The summed E-state index contributed by atoms with van der Waals surface area (Å²) in [5.74, 6) is 1.92. The summed E-state index contributed by atoms with van der Waals surface area (Å²) >= 11 is 0. The Labute approximate surface area is 91.1 Å². The lowest BCUT2D eigenvalue weighted by Gasteiger charge is -2.31. The molecule has 0 atom stereocenters. The number of nitrogens with one attached hydrogen (secondary N) is 2. The summed E-state index contributed by atoms with van der Waals surface area (Å²) < 4.78 is 0. The second-order valence-corrected chi connectivity index (χ2v) is 4.24. The molecule has 0 aliphatic carbocycles. The Kier molecular flexibility index (Phi) is 3.61. The monoisotopic (exact) mass is 208 g/mol. The fraction of sp³-hybridized carbons (Fsp3) is 0.727. The molecule has 15 heavy (non-hydrogen) atoms. The van der Waals surface area contributed by atoms with E-state index in [1.165, 1.54) is 19.3 Å². The molecule has 2 N–H and O–H groups in total. The molecule has 1 aromatic rings. The number of piperidine rings is 1. The molecule has 1 fully saturated rings. The summed E-state index contributed by atoms with van der Waals surface area (Å²) in [6.45, 7) is 3.43. The molecule has 2 rings (SSSR count). The topological polar surface area (TPSA) is 44.0 Å². The van der Waals surface area contributed by atoms with Crippen molar-refractivity contribution in [3.8, 4) is 0 Å². The fourth-order valence-corrected chi connectivity index (χ4v) is 2.21. The standard InChI is InChI=1S/C11H20N4/c1-12-5-2-10-3-8-15(9-4-10)11-13-6-7-14-11/h6-7,10,12H,2-5,8-9H2,1H3,(H,13,14). The smallest absolute Gasteiger partial charge is 0.202 e.